The van der Waals surface area contributed by atoms with Gasteiger partial charge in [-0.1, -0.05) is 54.6 Å². The molecule has 0 bridgehead atoms. The van der Waals surface area contributed by atoms with Crippen molar-refractivity contribution in [1.29, 1.82) is 0 Å². The topological polar surface area (TPSA) is 38.8 Å². The fourth-order valence-electron chi connectivity index (χ4n) is 4.32. The summed E-state index contributed by atoms with van der Waals surface area (Å²) in [5.74, 6) is 0.787. The van der Waals surface area contributed by atoms with E-state index in [0.717, 1.165) is 11.4 Å². The second-order valence-electron chi connectivity index (χ2n) is 6.88. The van der Waals surface area contributed by atoms with E-state index in [4.69, 9.17) is 9.47 Å². The van der Waals surface area contributed by atoms with Crippen LogP contribution < -0.4 is 9.64 Å². The zero-order chi connectivity index (χ0) is 18.4. The first-order valence-corrected chi connectivity index (χ1v) is 9.03. The maximum absolute atomic E-state index is 12.1. The predicted molar refractivity (Wildman–Crippen MR) is 103 cm³/mol. The molecule has 0 N–H and O–H groups in total. The van der Waals surface area contributed by atoms with E-state index in [2.05, 4.69) is 47.4 Å². The van der Waals surface area contributed by atoms with Crippen LogP contribution in [-0.2, 0) is 4.74 Å². The molecule has 0 amide bonds. The Balaban J connectivity index is 1.71. The smallest absolute Gasteiger partial charge is 0.337 e. The Labute approximate surface area is 158 Å². The summed E-state index contributed by atoms with van der Waals surface area (Å²) in [6.07, 6.45) is 0. The highest BCUT2D eigenvalue weighted by atomic mass is 16.5. The molecule has 2 atom stereocenters. The lowest BCUT2D eigenvalue weighted by Crippen LogP contribution is -2.35. The standard InChI is InChI=1S/C23H19NO3/c1-26-23(25)16-11-12-17-19(13-16)24-14-27-20-10-6-5-9-18(20)22(24)21(17)15-7-3-2-4-8-15/h2-13,21-22H,14H2,1H3. The summed E-state index contributed by atoms with van der Waals surface area (Å²) in [6.45, 7) is 0.461. The van der Waals surface area contributed by atoms with Gasteiger partial charge in [-0.2, -0.15) is 0 Å². The van der Waals surface area contributed by atoms with Crippen LogP contribution in [0.15, 0.2) is 72.8 Å². The van der Waals surface area contributed by atoms with Gasteiger partial charge in [0, 0.05) is 17.2 Å². The van der Waals surface area contributed by atoms with Gasteiger partial charge in [0.15, 0.2) is 6.73 Å². The third-order valence-corrected chi connectivity index (χ3v) is 5.50. The molecule has 2 aliphatic rings. The number of nitrogens with zero attached hydrogens (tertiary/aromatic N) is 1. The minimum Gasteiger partial charge on any atom is -0.473 e. The number of carbonyl (C=O) groups excluding carboxylic acids is 1. The van der Waals surface area contributed by atoms with Gasteiger partial charge in [-0.25, -0.2) is 4.79 Å². The van der Waals surface area contributed by atoms with Crippen molar-refractivity contribution in [3.8, 4) is 5.75 Å². The summed E-state index contributed by atoms with van der Waals surface area (Å²) in [5, 5.41) is 0. The van der Waals surface area contributed by atoms with Crippen LogP contribution in [0.3, 0.4) is 0 Å². The predicted octanol–water partition coefficient (Wildman–Crippen LogP) is 4.52. The maximum Gasteiger partial charge on any atom is 0.337 e. The SMILES string of the molecule is COC(=O)c1ccc2c(c1)N1COc3ccccc3C1C2c1ccccc1. The van der Waals surface area contributed by atoms with Gasteiger partial charge in [-0.15, -0.1) is 0 Å². The minimum atomic E-state index is -0.323. The van der Waals surface area contributed by atoms with Gasteiger partial charge in [0.1, 0.15) is 5.75 Å². The molecular formula is C23H19NO3. The first-order chi connectivity index (χ1) is 13.3. The third kappa shape index (κ3) is 2.40. The molecule has 2 unspecified atom stereocenters. The summed E-state index contributed by atoms with van der Waals surface area (Å²) in [5.41, 5.74) is 5.23. The number of carbonyl (C=O) groups is 1. The highest BCUT2D eigenvalue weighted by Gasteiger charge is 2.44. The quantitative estimate of drug-likeness (QED) is 0.632. The van der Waals surface area contributed by atoms with Crippen molar-refractivity contribution >= 4 is 11.7 Å². The van der Waals surface area contributed by atoms with E-state index in [0.29, 0.717) is 12.3 Å². The third-order valence-electron chi connectivity index (χ3n) is 5.50. The molecule has 0 aromatic heterocycles. The molecule has 0 radical (unpaired) electrons. The second kappa shape index (κ2) is 6.16. The summed E-state index contributed by atoms with van der Waals surface area (Å²) in [7, 11) is 1.41. The molecule has 2 heterocycles. The Hall–Kier alpha value is -3.27. The van der Waals surface area contributed by atoms with E-state index >= 15 is 0 Å². The average molecular weight is 357 g/mol. The number of para-hydroxylation sites is 1. The van der Waals surface area contributed by atoms with E-state index < -0.39 is 0 Å². The van der Waals surface area contributed by atoms with Crippen LogP contribution in [0.1, 0.15) is 39.0 Å². The normalized spacial score (nSPS) is 19.5. The molecule has 134 valence electrons. The van der Waals surface area contributed by atoms with Crippen LogP contribution >= 0.6 is 0 Å². The number of fused-ring (bicyclic) bond motifs is 5. The molecule has 3 aromatic rings. The van der Waals surface area contributed by atoms with Crippen molar-refractivity contribution in [2.45, 2.75) is 12.0 Å². The van der Waals surface area contributed by atoms with Crippen LogP contribution in [0.4, 0.5) is 5.69 Å². The minimum absolute atomic E-state index is 0.139. The fraction of sp³-hybridized carbons (Fsp3) is 0.174. The van der Waals surface area contributed by atoms with E-state index in [-0.39, 0.29) is 17.9 Å². The van der Waals surface area contributed by atoms with Gasteiger partial charge in [-0.05, 0) is 29.3 Å². The summed E-state index contributed by atoms with van der Waals surface area (Å²) in [6, 6.07) is 24.7. The molecule has 4 nitrogen and oxygen atoms in total. The summed E-state index contributed by atoms with van der Waals surface area (Å²) in [4.78, 5) is 14.3. The van der Waals surface area contributed by atoms with E-state index in [9.17, 15) is 4.79 Å². The number of rotatable bonds is 2. The number of esters is 1. The molecule has 5 rings (SSSR count). The van der Waals surface area contributed by atoms with Crippen molar-refractivity contribution in [1.82, 2.24) is 0 Å². The highest BCUT2D eigenvalue weighted by molar-refractivity contribution is 5.91. The average Bonchev–Trinajstić information content (AvgIpc) is 3.08. The van der Waals surface area contributed by atoms with Crippen molar-refractivity contribution < 1.29 is 14.3 Å². The molecule has 0 fully saturated rings. The van der Waals surface area contributed by atoms with Gasteiger partial charge in [0.05, 0.1) is 18.7 Å². The number of hydrogen-bond acceptors (Lipinski definition) is 4. The lowest BCUT2D eigenvalue weighted by atomic mass is 9.84. The largest absolute Gasteiger partial charge is 0.473 e. The van der Waals surface area contributed by atoms with Crippen LogP contribution in [0.25, 0.3) is 0 Å². The van der Waals surface area contributed by atoms with Gasteiger partial charge in [0.2, 0.25) is 0 Å². The number of ether oxygens (including phenoxy) is 2. The molecule has 4 heteroatoms. The molecule has 0 spiro atoms. The first-order valence-electron chi connectivity index (χ1n) is 9.03. The zero-order valence-corrected chi connectivity index (χ0v) is 15.0. The van der Waals surface area contributed by atoms with Crippen LogP contribution in [-0.4, -0.2) is 19.8 Å². The Kier molecular flexibility index (Phi) is 3.64. The molecule has 2 aliphatic heterocycles. The molecule has 0 aliphatic carbocycles. The number of benzene rings is 3. The summed E-state index contributed by atoms with van der Waals surface area (Å²) >= 11 is 0. The Morgan fingerprint density at radius 2 is 1.78 bits per heavy atom. The molecule has 0 saturated heterocycles. The highest BCUT2D eigenvalue weighted by Crippen LogP contribution is 2.55. The van der Waals surface area contributed by atoms with E-state index in [1.807, 2.05) is 30.3 Å². The molecular weight excluding hydrogens is 338 g/mol. The number of anilines is 1. The Bertz CT molecular complexity index is 1020. The zero-order valence-electron chi connectivity index (χ0n) is 15.0. The lowest BCUT2D eigenvalue weighted by molar-refractivity contribution is 0.0600. The van der Waals surface area contributed by atoms with Crippen LogP contribution in [0, 0.1) is 0 Å². The molecule has 3 aromatic carbocycles. The van der Waals surface area contributed by atoms with Crippen LogP contribution in [0.2, 0.25) is 0 Å². The molecule has 27 heavy (non-hydrogen) atoms. The van der Waals surface area contributed by atoms with Gasteiger partial charge < -0.3 is 14.4 Å². The maximum atomic E-state index is 12.1. The van der Waals surface area contributed by atoms with Crippen molar-refractivity contribution in [3.63, 3.8) is 0 Å². The van der Waals surface area contributed by atoms with E-state index in [1.54, 1.807) is 0 Å². The van der Waals surface area contributed by atoms with Crippen LogP contribution in [0.5, 0.6) is 5.75 Å². The van der Waals surface area contributed by atoms with E-state index in [1.165, 1.54) is 23.8 Å². The van der Waals surface area contributed by atoms with Crippen molar-refractivity contribution in [3.05, 3.63) is 95.1 Å². The Morgan fingerprint density at radius 1 is 1.00 bits per heavy atom. The first kappa shape index (κ1) is 15.9. The number of methoxy groups -OCH3 is 1. The second-order valence-corrected chi connectivity index (χ2v) is 6.88. The van der Waals surface area contributed by atoms with Gasteiger partial charge in [-0.3, -0.25) is 0 Å². The monoisotopic (exact) mass is 357 g/mol. The number of hydrogen-bond donors (Lipinski definition) is 0. The summed E-state index contributed by atoms with van der Waals surface area (Å²) < 4.78 is 10.9. The lowest BCUT2D eigenvalue weighted by Gasteiger charge is -2.36. The van der Waals surface area contributed by atoms with Crippen molar-refractivity contribution in [2.24, 2.45) is 0 Å². The van der Waals surface area contributed by atoms with Gasteiger partial charge in [0.25, 0.3) is 0 Å². The Morgan fingerprint density at radius 3 is 2.59 bits per heavy atom. The molecule has 0 saturated carbocycles. The fourth-order valence-corrected chi connectivity index (χ4v) is 4.32. The van der Waals surface area contributed by atoms with Crippen molar-refractivity contribution in [2.75, 3.05) is 18.7 Å². The van der Waals surface area contributed by atoms with Gasteiger partial charge >= 0.3 is 5.97 Å².